The maximum Gasteiger partial charge on any atom is 0.322 e. The molecule has 0 aromatic carbocycles. The lowest BCUT2D eigenvalue weighted by Gasteiger charge is -2.26. The molecule has 0 aliphatic rings. The molecule has 1 rings (SSSR count). The molecular formula is C12H21ClN4O2. The summed E-state index contributed by atoms with van der Waals surface area (Å²) in [6.07, 6.45) is 0.609. The minimum atomic E-state index is -0.0312. The lowest BCUT2D eigenvalue weighted by Crippen LogP contribution is -2.34. The number of aromatic nitrogens is 3. The van der Waals surface area contributed by atoms with Crippen molar-refractivity contribution in [1.29, 1.82) is 0 Å². The molecule has 1 aromatic heterocycles. The van der Waals surface area contributed by atoms with Crippen molar-refractivity contribution in [3.63, 3.8) is 0 Å². The second kappa shape index (κ2) is 7.45. The van der Waals surface area contributed by atoms with Crippen molar-refractivity contribution >= 4 is 17.5 Å². The highest BCUT2D eigenvalue weighted by molar-refractivity contribution is 6.28. The van der Waals surface area contributed by atoms with Crippen molar-refractivity contribution in [1.82, 2.24) is 15.0 Å². The molecule has 0 saturated carbocycles. The zero-order valence-electron chi connectivity index (χ0n) is 11.8. The Labute approximate surface area is 118 Å². The Morgan fingerprint density at radius 1 is 1.21 bits per heavy atom. The molecule has 0 radical (unpaired) electrons. The van der Waals surface area contributed by atoms with Crippen LogP contribution in [-0.2, 0) is 0 Å². The molecule has 0 aliphatic heterocycles. The van der Waals surface area contributed by atoms with E-state index in [0.29, 0.717) is 18.9 Å². The summed E-state index contributed by atoms with van der Waals surface area (Å²) in [4.78, 5) is 14.3. The van der Waals surface area contributed by atoms with E-state index in [0.717, 1.165) is 0 Å². The number of hydrogen-bond donors (Lipinski definition) is 1. The Bertz CT molecular complexity index is 401. The Morgan fingerprint density at radius 3 is 2.42 bits per heavy atom. The van der Waals surface area contributed by atoms with E-state index in [1.807, 2.05) is 32.6 Å². The average Bonchev–Trinajstić information content (AvgIpc) is 2.27. The molecule has 7 heteroatoms. The zero-order valence-corrected chi connectivity index (χ0v) is 12.6. The van der Waals surface area contributed by atoms with E-state index in [1.54, 1.807) is 0 Å². The van der Waals surface area contributed by atoms with Gasteiger partial charge >= 0.3 is 6.01 Å². The first kappa shape index (κ1) is 15.9. The lowest BCUT2D eigenvalue weighted by molar-refractivity contribution is 0.221. The number of nitrogens with zero attached hydrogens (tertiary/aromatic N) is 4. The number of ether oxygens (including phenoxy) is 1. The standard InChI is InChI=1S/C12H21ClN4O2/c1-8(2)17(6-5-7-18)11-14-10(13)15-12(16-11)19-9(3)4/h8-9,18H,5-7H2,1-4H3. The van der Waals surface area contributed by atoms with Crippen LogP contribution in [0.1, 0.15) is 34.1 Å². The molecular weight excluding hydrogens is 268 g/mol. The van der Waals surface area contributed by atoms with Crippen molar-refractivity contribution in [2.75, 3.05) is 18.1 Å². The van der Waals surface area contributed by atoms with E-state index in [1.165, 1.54) is 0 Å². The largest absolute Gasteiger partial charge is 0.461 e. The molecule has 108 valence electrons. The van der Waals surface area contributed by atoms with Crippen LogP contribution in [0.3, 0.4) is 0 Å². The average molecular weight is 289 g/mol. The van der Waals surface area contributed by atoms with Gasteiger partial charge in [-0.2, -0.15) is 15.0 Å². The van der Waals surface area contributed by atoms with Crippen molar-refractivity contribution in [3.8, 4) is 6.01 Å². The molecule has 0 saturated heterocycles. The van der Waals surface area contributed by atoms with Crippen LogP contribution < -0.4 is 9.64 Å². The number of halogens is 1. The van der Waals surface area contributed by atoms with Gasteiger partial charge in [0, 0.05) is 19.2 Å². The third-order valence-electron chi connectivity index (χ3n) is 2.35. The van der Waals surface area contributed by atoms with Gasteiger partial charge in [0.25, 0.3) is 0 Å². The maximum atomic E-state index is 8.94. The second-order valence-corrected chi connectivity index (χ2v) is 5.06. The van der Waals surface area contributed by atoms with Gasteiger partial charge < -0.3 is 14.7 Å². The molecule has 0 amide bonds. The summed E-state index contributed by atoms with van der Waals surface area (Å²) < 4.78 is 5.45. The normalized spacial score (nSPS) is 11.2. The fourth-order valence-corrected chi connectivity index (χ4v) is 1.69. The van der Waals surface area contributed by atoms with Crippen LogP contribution in [0.15, 0.2) is 0 Å². The van der Waals surface area contributed by atoms with Gasteiger partial charge in [-0.1, -0.05) is 0 Å². The summed E-state index contributed by atoms with van der Waals surface area (Å²) in [6, 6.07) is 0.413. The van der Waals surface area contributed by atoms with Gasteiger partial charge in [0.05, 0.1) is 6.10 Å². The molecule has 0 fully saturated rings. The zero-order chi connectivity index (χ0) is 14.4. The van der Waals surface area contributed by atoms with E-state index < -0.39 is 0 Å². The summed E-state index contributed by atoms with van der Waals surface area (Å²) in [6.45, 7) is 8.61. The van der Waals surface area contributed by atoms with Gasteiger partial charge in [-0.05, 0) is 45.7 Å². The van der Waals surface area contributed by atoms with Gasteiger partial charge in [-0.25, -0.2) is 0 Å². The van der Waals surface area contributed by atoms with Crippen LogP contribution in [-0.4, -0.2) is 45.4 Å². The van der Waals surface area contributed by atoms with E-state index >= 15 is 0 Å². The smallest absolute Gasteiger partial charge is 0.322 e. The minimum Gasteiger partial charge on any atom is -0.461 e. The van der Waals surface area contributed by atoms with Crippen LogP contribution in [0.25, 0.3) is 0 Å². The number of aliphatic hydroxyl groups excluding tert-OH is 1. The summed E-state index contributed by atoms with van der Waals surface area (Å²) in [5.74, 6) is 0.471. The first-order chi connectivity index (χ1) is 8.93. The molecule has 0 unspecified atom stereocenters. The van der Waals surface area contributed by atoms with E-state index in [2.05, 4.69) is 15.0 Å². The topological polar surface area (TPSA) is 71.4 Å². The van der Waals surface area contributed by atoms with Crippen molar-refractivity contribution in [2.45, 2.75) is 46.3 Å². The summed E-state index contributed by atoms with van der Waals surface area (Å²) >= 11 is 5.90. The van der Waals surface area contributed by atoms with Crippen molar-refractivity contribution < 1.29 is 9.84 Å². The minimum absolute atomic E-state index is 0.0312. The number of aliphatic hydroxyl groups is 1. The summed E-state index contributed by atoms with van der Waals surface area (Å²) in [5.41, 5.74) is 0. The number of hydrogen-bond acceptors (Lipinski definition) is 6. The van der Waals surface area contributed by atoms with Gasteiger partial charge in [0.1, 0.15) is 0 Å². The first-order valence-electron chi connectivity index (χ1n) is 6.39. The molecule has 6 nitrogen and oxygen atoms in total. The third-order valence-corrected chi connectivity index (χ3v) is 2.52. The highest BCUT2D eigenvalue weighted by Gasteiger charge is 2.16. The second-order valence-electron chi connectivity index (χ2n) is 4.72. The Hall–Kier alpha value is -1.14. The van der Waals surface area contributed by atoms with Crippen LogP contribution in [0.4, 0.5) is 5.95 Å². The molecule has 0 spiro atoms. The summed E-state index contributed by atoms with van der Waals surface area (Å²) in [5, 5.41) is 9.05. The van der Waals surface area contributed by atoms with Crippen LogP contribution in [0.5, 0.6) is 6.01 Å². The molecule has 1 heterocycles. The van der Waals surface area contributed by atoms with Crippen molar-refractivity contribution in [2.24, 2.45) is 0 Å². The molecule has 0 bridgehead atoms. The molecule has 0 aliphatic carbocycles. The molecule has 19 heavy (non-hydrogen) atoms. The predicted molar refractivity (Wildman–Crippen MR) is 74.8 cm³/mol. The van der Waals surface area contributed by atoms with Gasteiger partial charge in [-0.3, -0.25) is 0 Å². The fourth-order valence-electron chi connectivity index (χ4n) is 1.54. The molecule has 0 atom stereocenters. The lowest BCUT2D eigenvalue weighted by atomic mass is 10.3. The highest BCUT2D eigenvalue weighted by Crippen LogP contribution is 2.18. The Balaban J connectivity index is 2.98. The fraction of sp³-hybridized carbons (Fsp3) is 0.750. The highest BCUT2D eigenvalue weighted by atomic mass is 35.5. The van der Waals surface area contributed by atoms with Gasteiger partial charge in [0.15, 0.2) is 0 Å². The molecule has 1 N–H and O–H groups in total. The van der Waals surface area contributed by atoms with Crippen LogP contribution >= 0.6 is 11.6 Å². The van der Waals surface area contributed by atoms with Gasteiger partial charge in [-0.15, -0.1) is 0 Å². The first-order valence-corrected chi connectivity index (χ1v) is 6.77. The van der Waals surface area contributed by atoms with Crippen LogP contribution in [0, 0.1) is 0 Å². The van der Waals surface area contributed by atoms with Crippen LogP contribution in [0.2, 0.25) is 5.28 Å². The monoisotopic (exact) mass is 288 g/mol. The van der Waals surface area contributed by atoms with E-state index in [9.17, 15) is 0 Å². The van der Waals surface area contributed by atoms with E-state index in [-0.39, 0.29) is 30.0 Å². The van der Waals surface area contributed by atoms with Gasteiger partial charge in [0.2, 0.25) is 11.2 Å². The SMILES string of the molecule is CC(C)Oc1nc(Cl)nc(N(CCCO)C(C)C)n1. The predicted octanol–water partition coefficient (Wildman–Crippen LogP) is 1.91. The summed E-state index contributed by atoms with van der Waals surface area (Å²) in [7, 11) is 0. The Morgan fingerprint density at radius 2 is 1.89 bits per heavy atom. The quantitative estimate of drug-likeness (QED) is 0.826. The third kappa shape index (κ3) is 5.16. The molecule has 1 aromatic rings. The Kier molecular flexibility index (Phi) is 6.24. The number of rotatable bonds is 7. The maximum absolute atomic E-state index is 8.94. The number of anilines is 1. The van der Waals surface area contributed by atoms with E-state index in [4.69, 9.17) is 21.4 Å². The van der Waals surface area contributed by atoms with Crippen molar-refractivity contribution in [3.05, 3.63) is 5.28 Å².